The molecule has 40 heavy (non-hydrogen) atoms. The van der Waals surface area contributed by atoms with Crippen molar-refractivity contribution in [3.63, 3.8) is 0 Å². The van der Waals surface area contributed by atoms with Gasteiger partial charge in [0.15, 0.2) is 0 Å². The van der Waals surface area contributed by atoms with Crippen molar-refractivity contribution in [1.29, 1.82) is 0 Å². The molecule has 3 saturated heterocycles. The Bertz CT molecular complexity index is 1160. The number of unbranched alkanes of at least 4 members (excludes halogenated alkanes) is 2. The number of carbonyl (C=O) groups excluding carboxylic acids is 3. The molecule has 0 aliphatic carbocycles. The summed E-state index contributed by atoms with van der Waals surface area (Å²) in [6.45, 7) is 4.77. The zero-order chi connectivity index (χ0) is 28.0. The summed E-state index contributed by atoms with van der Waals surface area (Å²) in [5.41, 5.74) is 2.14. The molecule has 1 unspecified atom stereocenters. The normalized spacial score (nSPS) is 20.4. The molecule has 0 radical (unpaired) electrons. The Kier molecular flexibility index (Phi) is 9.04. The second-order valence-corrected chi connectivity index (χ2v) is 11.3. The van der Waals surface area contributed by atoms with Gasteiger partial charge in [0.25, 0.3) is 11.8 Å². The van der Waals surface area contributed by atoms with E-state index in [-0.39, 0.29) is 30.4 Å². The first-order valence-electron chi connectivity index (χ1n) is 14.9. The zero-order valence-corrected chi connectivity index (χ0v) is 23.6. The van der Waals surface area contributed by atoms with Crippen LogP contribution in [-0.4, -0.2) is 78.6 Å². The molecule has 0 saturated carbocycles. The fourth-order valence-corrected chi connectivity index (χ4v) is 6.24. The van der Waals surface area contributed by atoms with Gasteiger partial charge in [-0.1, -0.05) is 50.1 Å². The van der Waals surface area contributed by atoms with E-state index in [9.17, 15) is 14.4 Å². The molecule has 3 fully saturated rings. The highest BCUT2D eigenvalue weighted by Gasteiger charge is 2.54. The van der Waals surface area contributed by atoms with Crippen molar-refractivity contribution < 1.29 is 19.1 Å². The predicted molar refractivity (Wildman–Crippen MR) is 155 cm³/mol. The van der Waals surface area contributed by atoms with Crippen LogP contribution < -0.4 is 10.2 Å². The van der Waals surface area contributed by atoms with Crippen LogP contribution in [0.15, 0.2) is 54.6 Å². The van der Waals surface area contributed by atoms with Gasteiger partial charge in [0.05, 0.1) is 12.8 Å². The van der Waals surface area contributed by atoms with E-state index in [1.54, 1.807) is 4.90 Å². The maximum absolute atomic E-state index is 13.9. The van der Waals surface area contributed by atoms with Gasteiger partial charge in [0.2, 0.25) is 5.91 Å². The molecule has 214 valence electrons. The second kappa shape index (κ2) is 12.9. The Morgan fingerprint density at radius 3 is 2.45 bits per heavy atom. The molecule has 3 heterocycles. The van der Waals surface area contributed by atoms with Crippen LogP contribution in [0, 0.1) is 0 Å². The van der Waals surface area contributed by atoms with Gasteiger partial charge in [-0.2, -0.15) is 0 Å². The highest BCUT2D eigenvalue weighted by molar-refractivity contribution is 5.97. The van der Waals surface area contributed by atoms with Crippen molar-refractivity contribution in [2.24, 2.45) is 0 Å². The van der Waals surface area contributed by atoms with Crippen LogP contribution in [0.4, 0.5) is 5.69 Å². The monoisotopic (exact) mass is 546 g/mol. The summed E-state index contributed by atoms with van der Waals surface area (Å²) >= 11 is 0. The van der Waals surface area contributed by atoms with Crippen molar-refractivity contribution >= 4 is 23.4 Å². The first kappa shape index (κ1) is 28.1. The lowest BCUT2D eigenvalue weighted by Gasteiger charge is -2.43. The summed E-state index contributed by atoms with van der Waals surface area (Å²) in [6, 6.07) is 17.9. The molecule has 1 N–H and O–H groups in total. The maximum Gasteiger partial charge on any atom is 0.253 e. The third-order valence-corrected chi connectivity index (χ3v) is 8.62. The number of rotatable bonds is 10. The fraction of sp³-hybridized carbons (Fsp3) is 0.531. The topological polar surface area (TPSA) is 82.2 Å². The lowest BCUT2D eigenvalue weighted by molar-refractivity contribution is -0.137. The summed E-state index contributed by atoms with van der Waals surface area (Å²) < 4.78 is 5.61. The lowest BCUT2D eigenvalue weighted by Crippen LogP contribution is -2.57. The number of amides is 3. The SMILES string of the molecule is CCCCCc1ccc(C(=O)N2CCC3(CC2)C(=O)N(CC(=O)NCC2CCCO2)CN3c2ccccc2)cc1. The number of hydrogen-bond acceptors (Lipinski definition) is 5. The van der Waals surface area contributed by atoms with Crippen molar-refractivity contribution in [2.45, 2.75) is 69.9 Å². The number of nitrogens with zero attached hydrogens (tertiary/aromatic N) is 3. The third-order valence-electron chi connectivity index (χ3n) is 8.62. The van der Waals surface area contributed by atoms with Gasteiger partial charge in [-0.15, -0.1) is 0 Å². The minimum atomic E-state index is -0.768. The van der Waals surface area contributed by atoms with E-state index in [4.69, 9.17) is 4.74 Å². The molecular formula is C32H42N4O4. The van der Waals surface area contributed by atoms with Crippen molar-refractivity contribution in [3.05, 3.63) is 65.7 Å². The van der Waals surface area contributed by atoms with Crippen LogP contribution in [0.1, 0.15) is 67.8 Å². The Labute approximate surface area is 237 Å². The Morgan fingerprint density at radius 2 is 1.77 bits per heavy atom. The van der Waals surface area contributed by atoms with Gasteiger partial charge in [0.1, 0.15) is 12.1 Å². The summed E-state index contributed by atoms with van der Waals surface area (Å²) in [6.07, 6.45) is 7.68. The quantitative estimate of drug-likeness (QED) is 0.456. The molecule has 3 aliphatic heterocycles. The van der Waals surface area contributed by atoms with Crippen LogP contribution >= 0.6 is 0 Å². The predicted octanol–water partition coefficient (Wildman–Crippen LogP) is 4.00. The van der Waals surface area contributed by atoms with E-state index < -0.39 is 5.54 Å². The summed E-state index contributed by atoms with van der Waals surface area (Å²) in [5, 5.41) is 2.95. The van der Waals surface area contributed by atoms with Gasteiger partial charge in [-0.05, 0) is 68.4 Å². The highest BCUT2D eigenvalue weighted by Crippen LogP contribution is 2.39. The number of likely N-dealkylation sites (tertiary alicyclic amines) is 1. The number of piperidine rings is 1. The third kappa shape index (κ3) is 6.17. The van der Waals surface area contributed by atoms with Gasteiger partial charge in [-0.25, -0.2) is 0 Å². The van der Waals surface area contributed by atoms with E-state index in [1.165, 1.54) is 18.4 Å². The summed E-state index contributed by atoms with van der Waals surface area (Å²) in [5.74, 6) is -0.191. The molecule has 3 aliphatic rings. The Balaban J connectivity index is 1.24. The molecule has 8 nitrogen and oxygen atoms in total. The summed E-state index contributed by atoms with van der Waals surface area (Å²) in [7, 11) is 0. The minimum absolute atomic E-state index is 0.0111. The van der Waals surface area contributed by atoms with Crippen molar-refractivity contribution in [3.8, 4) is 0 Å². The molecule has 2 aromatic rings. The number of aryl methyl sites for hydroxylation is 1. The van der Waals surface area contributed by atoms with Gasteiger partial charge in [-0.3, -0.25) is 14.4 Å². The number of hydrogen-bond donors (Lipinski definition) is 1. The van der Waals surface area contributed by atoms with Gasteiger partial charge >= 0.3 is 0 Å². The average molecular weight is 547 g/mol. The standard InChI is InChI=1S/C32H42N4O4/c1-2-3-5-9-25-13-15-26(16-14-25)30(38)34-19-17-32(18-20-34)31(39)35(24-36(32)27-10-6-4-7-11-27)23-29(37)33-22-28-12-8-21-40-28/h4,6-7,10-11,13-16,28H,2-3,5,8-9,12,17-24H2,1H3,(H,33,37). The molecule has 3 amide bonds. The van der Waals surface area contributed by atoms with Gasteiger partial charge in [0, 0.05) is 37.5 Å². The van der Waals surface area contributed by atoms with Crippen LogP contribution in [0.2, 0.25) is 0 Å². The van der Waals surface area contributed by atoms with Crippen molar-refractivity contribution in [2.75, 3.05) is 44.4 Å². The smallest absolute Gasteiger partial charge is 0.253 e. The first-order valence-corrected chi connectivity index (χ1v) is 14.9. The molecule has 0 aromatic heterocycles. The second-order valence-electron chi connectivity index (χ2n) is 11.3. The maximum atomic E-state index is 13.9. The van der Waals surface area contributed by atoms with Crippen molar-refractivity contribution in [1.82, 2.24) is 15.1 Å². The molecule has 0 bridgehead atoms. The highest BCUT2D eigenvalue weighted by atomic mass is 16.5. The van der Waals surface area contributed by atoms with Crippen LogP contribution in [0.3, 0.4) is 0 Å². The Morgan fingerprint density at radius 1 is 1.02 bits per heavy atom. The molecule has 5 rings (SSSR count). The van der Waals surface area contributed by atoms with E-state index in [0.717, 1.165) is 38.0 Å². The van der Waals surface area contributed by atoms with Crippen LogP contribution in [-0.2, 0) is 20.7 Å². The molecule has 8 heteroatoms. The number of anilines is 1. The van der Waals surface area contributed by atoms with E-state index in [1.807, 2.05) is 47.4 Å². The van der Waals surface area contributed by atoms with E-state index >= 15 is 0 Å². The molecule has 2 aromatic carbocycles. The number of benzene rings is 2. The molecule has 1 spiro atoms. The summed E-state index contributed by atoms with van der Waals surface area (Å²) in [4.78, 5) is 45.7. The number of para-hydroxylation sites is 1. The largest absolute Gasteiger partial charge is 0.376 e. The van der Waals surface area contributed by atoms with E-state index in [2.05, 4.69) is 29.3 Å². The zero-order valence-electron chi connectivity index (χ0n) is 23.6. The molecule has 1 atom stereocenters. The van der Waals surface area contributed by atoms with Crippen LogP contribution in [0.25, 0.3) is 0 Å². The van der Waals surface area contributed by atoms with E-state index in [0.29, 0.717) is 44.7 Å². The first-order chi connectivity index (χ1) is 19.5. The average Bonchev–Trinajstić information content (AvgIpc) is 3.60. The number of carbonyl (C=O) groups is 3. The Hall–Kier alpha value is -3.39. The van der Waals surface area contributed by atoms with Gasteiger partial charge < -0.3 is 24.8 Å². The number of nitrogens with one attached hydrogen (secondary N) is 1. The van der Waals surface area contributed by atoms with Crippen LogP contribution in [0.5, 0.6) is 0 Å². The molecular weight excluding hydrogens is 504 g/mol. The number of ether oxygens (including phenoxy) is 1. The fourth-order valence-electron chi connectivity index (χ4n) is 6.24. The lowest BCUT2D eigenvalue weighted by atomic mass is 9.85. The minimum Gasteiger partial charge on any atom is -0.376 e.